The Balaban J connectivity index is 3.21. The first-order chi connectivity index (χ1) is 6.13. The molecule has 0 radical (unpaired) electrons. The van der Waals surface area contributed by atoms with Crippen LogP contribution in [0.4, 0.5) is 0 Å². The molecule has 0 aliphatic rings. The molecule has 9 heteroatoms. The zero-order chi connectivity index (χ0) is 9.59. The number of halogens is 2. The molecule has 2 aromatic rings. The van der Waals surface area contributed by atoms with Crippen LogP contribution in [0.25, 0.3) is 11.3 Å². The molecule has 0 saturated heterocycles. The number of rotatable bonds is 0. The van der Waals surface area contributed by atoms with Crippen LogP contribution in [0.15, 0.2) is 14.2 Å². The highest BCUT2D eigenvalue weighted by molar-refractivity contribution is 6.20. The molecule has 0 spiro atoms. The van der Waals surface area contributed by atoms with Gasteiger partial charge in [0.05, 0.1) is 0 Å². The van der Waals surface area contributed by atoms with Gasteiger partial charge in [0, 0.05) is 23.6 Å². The molecular formula is C4Cl2N4O3. The van der Waals surface area contributed by atoms with Crippen LogP contribution < -0.4 is 11.1 Å². The van der Waals surface area contributed by atoms with Crippen LogP contribution in [0.5, 0.6) is 0 Å². The predicted molar refractivity (Wildman–Crippen MR) is 42.8 cm³/mol. The van der Waals surface area contributed by atoms with Crippen molar-refractivity contribution in [2.24, 2.45) is 0 Å². The first kappa shape index (κ1) is 8.27. The summed E-state index contributed by atoms with van der Waals surface area (Å²) in [6, 6.07) is 0. The Morgan fingerprint density at radius 1 is 1.00 bits per heavy atom. The molecule has 13 heavy (non-hydrogen) atoms. The lowest BCUT2D eigenvalue weighted by molar-refractivity contribution is 0.313. The molecule has 2 rings (SSSR count). The molecule has 0 aliphatic carbocycles. The van der Waals surface area contributed by atoms with Gasteiger partial charge in [-0.25, -0.2) is 4.63 Å². The molecule has 0 unspecified atom stereocenters. The fourth-order valence-corrected chi connectivity index (χ4v) is 1.14. The predicted octanol–water partition coefficient (Wildman–Crippen LogP) is -0.450. The third-order valence-corrected chi connectivity index (χ3v) is 1.99. The van der Waals surface area contributed by atoms with Gasteiger partial charge in [-0.2, -0.15) is 8.17 Å². The summed E-state index contributed by atoms with van der Waals surface area (Å²) in [5.74, 6) is 0. The van der Waals surface area contributed by atoms with Crippen LogP contribution in [0, 0.1) is 0 Å². The van der Waals surface area contributed by atoms with Gasteiger partial charge in [-0.3, -0.25) is 9.59 Å². The van der Waals surface area contributed by atoms with Crippen molar-refractivity contribution in [1.29, 1.82) is 0 Å². The number of aromatic nitrogens is 4. The normalized spacial score (nSPS) is 10.9. The van der Waals surface area contributed by atoms with Crippen molar-refractivity contribution in [1.82, 2.24) is 18.5 Å². The number of nitrogens with zero attached hydrogens (tertiary/aromatic N) is 4. The van der Waals surface area contributed by atoms with Gasteiger partial charge in [-0.1, -0.05) is 0 Å². The topological polar surface area (TPSA) is 82.9 Å². The fraction of sp³-hybridized carbons (Fsp3) is 0. The third kappa shape index (κ3) is 0.973. The first-order valence-corrected chi connectivity index (χ1v) is 3.63. The van der Waals surface area contributed by atoms with E-state index in [2.05, 4.69) is 14.9 Å². The summed E-state index contributed by atoms with van der Waals surface area (Å²) in [6.45, 7) is 0. The Morgan fingerprint density at radius 3 is 1.77 bits per heavy atom. The van der Waals surface area contributed by atoms with Crippen molar-refractivity contribution in [2.75, 3.05) is 0 Å². The van der Waals surface area contributed by atoms with E-state index in [4.69, 9.17) is 23.6 Å². The highest BCUT2D eigenvalue weighted by Gasteiger charge is 2.15. The monoisotopic (exact) mass is 222 g/mol. The van der Waals surface area contributed by atoms with Gasteiger partial charge in [-0.05, 0) is 10.3 Å². The molecule has 0 N–H and O–H groups in total. The van der Waals surface area contributed by atoms with E-state index in [0.717, 1.165) is 0 Å². The highest BCUT2D eigenvalue weighted by Crippen LogP contribution is 2.05. The average Bonchev–Trinajstić information content (AvgIpc) is 2.59. The van der Waals surface area contributed by atoms with E-state index in [0.29, 0.717) is 8.17 Å². The zero-order valence-electron chi connectivity index (χ0n) is 5.77. The Morgan fingerprint density at radius 2 is 1.38 bits per heavy atom. The van der Waals surface area contributed by atoms with Crippen molar-refractivity contribution in [3.8, 4) is 0 Å². The molecule has 0 fully saturated rings. The maximum absolute atomic E-state index is 11.0. The van der Waals surface area contributed by atoms with Gasteiger partial charge in [0.15, 0.2) is 0 Å². The lowest BCUT2D eigenvalue weighted by Crippen LogP contribution is -2.36. The fourth-order valence-electron chi connectivity index (χ4n) is 0.787. The molecule has 0 atom stereocenters. The van der Waals surface area contributed by atoms with Crippen LogP contribution in [-0.2, 0) is 0 Å². The second kappa shape index (κ2) is 2.57. The van der Waals surface area contributed by atoms with E-state index >= 15 is 0 Å². The van der Waals surface area contributed by atoms with E-state index in [9.17, 15) is 9.59 Å². The Hall–Kier alpha value is -1.34. The molecule has 7 nitrogen and oxygen atoms in total. The summed E-state index contributed by atoms with van der Waals surface area (Å²) in [7, 11) is 0. The Labute approximate surface area is 79.3 Å². The van der Waals surface area contributed by atoms with Crippen molar-refractivity contribution in [3.05, 3.63) is 20.7 Å². The molecule has 2 heterocycles. The minimum absolute atomic E-state index is 0.110. The minimum atomic E-state index is -1.01. The second-order valence-electron chi connectivity index (χ2n) is 2.08. The summed E-state index contributed by atoms with van der Waals surface area (Å²) in [5.41, 5.74) is -2.25. The molecule has 0 aliphatic heterocycles. The van der Waals surface area contributed by atoms with E-state index < -0.39 is 11.1 Å². The minimum Gasteiger partial charge on any atom is -0.262 e. The quantitative estimate of drug-likeness (QED) is 0.564. The van der Waals surface area contributed by atoms with Crippen LogP contribution in [0.2, 0.25) is 0 Å². The lowest BCUT2D eigenvalue weighted by atomic mass is 10.6. The first-order valence-electron chi connectivity index (χ1n) is 2.95. The third-order valence-electron chi connectivity index (χ3n) is 1.37. The molecule has 68 valence electrons. The van der Waals surface area contributed by atoms with Crippen LogP contribution in [-0.4, -0.2) is 18.5 Å². The van der Waals surface area contributed by atoms with E-state index in [-0.39, 0.29) is 11.3 Å². The molecule has 0 amide bonds. The smallest absolute Gasteiger partial charge is 0.262 e. The Kier molecular flexibility index (Phi) is 1.64. The largest absolute Gasteiger partial charge is 0.334 e. The molecule has 0 saturated carbocycles. The number of fused-ring (bicyclic) bond motifs is 1. The number of hydrogen-bond acceptors (Lipinski definition) is 5. The summed E-state index contributed by atoms with van der Waals surface area (Å²) < 4.78 is 5.23. The lowest BCUT2D eigenvalue weighted by Gasteiger charge is -1.93. The van der Waals surface area contributed by atoms with Gasteiger partial charge in [0.2, 0.25) is 11.3 Å². The van der Waals surface area contributed by atoms with E-state index in [1.807, 2.05) is 0 Å². The van der Waals surface area contributed by atoms with E-state index in [1.54, 1.807) is 0 Å². The van der Waals surface area contributed by atoms with Gasteiger partial charge in [0.1, 0.15) is 0 Å². The molecular weight excluding hydrogens is 223 g/mol. The van der Waals surface area contributed by atoms with Crippen LogP contribution >= 0.6 is 23.6 Å². The maximum atomic E-state index is 11.0. The maximum Gasteiger partial charge on any atom is 0.334 e. The van der Waals surface area contributed by atoms with Crippen molar-refractivity contribution in [3.63, 3.8) is 0 Å². The van der Waals surface area contributed by atoms with Crippen molar-refractivity contribution < 1.29 is 4.63 Å². The summed E-state index contributed by atoms with van der Waals surface area (Å²) in [6.07, 6.45) is 0. The van der Waals surface area contributed by atoms with Crippen molar-refractivity contribution in [2.45, 2.75) is 0 Å². The standard InChI is InChI=1S/C4Cl2N4O3/c5-9-1-2(8-13-7-1)10(6)4(12)3(9)11. The van der Waals surface area contributed by atoms with Crippen molar-refractivity contribution >= 4 is 34.8 Å². The van der Waals surface area contributed by atoms with Gasteiger partial charge >= 0.3 is 11.1 Å². The SMILES string of the molecule is O=c1c(=O)n(Cl)c2nonc2n1Cl. The Bertz CT molecular complexity index is 531. The second-order valence-corrected chi connectivity index (χ2v) is 2.76. The molecule has 2 aromatic heterocycles. The summed E-state index contributed by atoms with van der Waals surface area (Å²) in [4.78, 5) is 22.0. The van der Waals surface area contributed by atoms with Gasteiger partial charge in [-0.15, -0.1) is 0 Å². The van der Waals surface area contributed by atoms with E-state index in [1.165, 1.54) is 0 Å². The van der Waals surface area contributed by atoms with Crippen LogP contribution in [0.1, 0.15) is 0 Å². The zero-order valence-corrected chi connectivity index (χ0v) is 7.28. The summed E-state index contributed by atoms with van der Waals surface area (Å²) in [5, 5.41) is 6.56. The van der Waals surface area contributed by atoms with Gasteiger partial charge < -0.3 is 0 Å². The van der Waals surface area contributed by atoms with Gasteiger partial charge in [0.25, 0.3) is 0 Å². The van der Waals surface area contributed by atoms with Crippen LogP contribution in [0.3, 0.4) is 0 Å². The molecule has 0 aromatic carbocycles. The average molecular weight is 223 g/mol. The summed E-state index contributed by atoms with van der Waals surface area (Å²) >= 11 is 10.8. The highest BCUT2D eigenvalue weighted by atomic mass is 35.5. The number of hydrogen-bond donors (Lipinski definition) is 0. The molecule has 0 bridgehead atoms.